The lowest BCUT2D eigenvalue weighted by Gasteiger charge is -1.90. The van der Waals surface area contributed by atoms with E-state index in [1.807, 2.05) is 12.1 Å². The summed E-state index contributed by atoms with van der Waals surface area (Å²) >= 11 is 3.19. The van der Waals surface area contributed by atoms with Crippen molar-refractivity contribution in [2.75, 3.05) is 11.1 Å². The van der Waals surface area contributed by atoms with E-state index < -0.39 is 0 Å². The first-order valence-corrected chi connectivity index (χ1v) is 4.22. The molecule has 0 saturated heterocycles. The number of aromatic nitrogens is 1. The maximum Gasteiger partial charge on any atom is 0.124 e. The van der Waals surface area contributed by atoms with Gasteiger partial charge in [-0.2, -0.15) is 0 Å². The lowest BCUT2D eigenvalue weighted by Crippen LogP contribution is -1.90. The fourth-order valence-corrected chi connectivity index (χ4v) is 0.785. The number of hydrogen-bond acceptors (Lipinski definition) is 2. The van der Waals surface area contributed by atoms with E-state index in [4.69, 9.17) is 5.73 Å². The van der Waals surface area contributed by atoms with Crippen molar-refractivity contribution in [3.8, 4) is 11.8 Å². The Kier molecular flexibility index (Phi) is 2.94. The molecular weight excluding hydrogens is 204 g/mol. The van der Waals surface area contributed by atoms with Crippen molar-refractivity contribution in [2.45, 2.75) is 0 Å². The highest BCUT2D eigenvalue weighted by Crippen LogP contribution is 1.97. The highest BCUT2D eigenvalue weighted by Gasteiger charge is 1.87. The van der Waals surface area contributed by atoms with Gasteiger partial charge in [0, 0.05) is 0 Å². The molecule has 11 heavy (non-hydrogen) atoms. The van der Waals surface area contributed by atoms with Gasteiger partial charge in [0.15, 0.2) is 0 Å². The molecule has 0 aliphatic carbocycles. The van der Waals surface area contributed by atoms with Crippen LogP contribution in [0.15, 0.2) is 18.2 Å². The Morgan fingerprint density at radius 1 is 1.55 bits per heavy atom. The Morgan fingerprint density at radius 3 is 3.00 bits per heavy atom. The number of hydrogen-bond donors (Lipinski definition) is 1. The van der Waals surface area contributed by atoms with Gasteiger partial charge in [-0.3, -0.25) is 0 Å². The van der Waals surface area contributed by atoms with E-state index in [1.54, 1.807) is 6.07 Å². The van der Waals surface area contributed by atoms with E-state index >= 15 is 0 Å². The summed E-state index contributed by atoms with van der Waals surface area (Å²) in [7, 11) is 0. The largest absolute Gasteiger partial charge is 0.384 e. The molecule has 0 aliphatic heterocycles. The third kappa shape index (κ3) is 2.60. The number of halogens is 1. The quantitative estimate of drug-likeness (QED) is 0.520. The molecule has 2 N–H and O–H groups in total. The molecule has 2 nitrogen and oxygen atoms in total. The van der Waals surface area contributed by atoms with Crippen molar-refractivity contribution in [1.29, 1.82) is 0 Å². The number of alkyl halides is 1. The number of rotatable bonds is 0. The lowest BCUT2D eigenvalue weighted by atomic mass is 10.3. The van der Waals surface area contributed by atoms with Crippen molar-refractivity contribution in [1.82, 2.24) is 4.98 Å². The zero-order valence-corrected chi connectivity index (χ0v) is 7.43. The van der Waals surface area contributed by atoms with Gasteiger partial charge in [-0.05, 0) is 18.1 Å². The molecule has 0 spiro atoms. The predicted molar refractivity (Wildman–Crippen MR) is 49.3 cm³/mol. The summed E-state index contributed by atoms with van der Waals surface area (Å²) in [5.41, 5.74) is 6.15. The molecule has 0 radical (unpaired) electrons. The minimum absolute atomic E-state index is 0.506. The molecular formula is C8H7BrN2. The Morgan fingerprint density at radius 2 is 2.36 bits per heavy atom. The van der Waals surface area contributed by atoms with Gasteiger partial charge in [0.25, 0.3) is 0 Å². The summed E-state index contributed by atoms with van der Waals surface area (Å²) in [6, 6.07) is 5.39. The molecule has 0 bridgehead atoms. The van der Waals surface area contributed by atoms with E-state index in [-0.39, 0.29) is 0 Å². The second-order valence-electron chi connectivity index (χ2n) is 1.88. The van der Waals surface area contributed by atoms with E-state index in [2.05, 4.69) is 32.8 Å². The molecule has 56 valence electrons. The first-order valence-electron chi connectivity index (χ1n) is 3.10. The van der Waals surface area contributed by atoms with Crippen molar-refractivity contribution in [3.05, 3.63) is 23.9 Å². The molecule has 1 aromatic heterocycles. The van der Waals surface area contributed by atoms with Crippen LogP contribution in [0.3, 0.4) is 0 Å². The van der Waals surface area contributed by atoms with Crippen LogP contribution in [0.2, 0.25) is 0 Å². The molecule has 0 unspecified atom stereocenters. The van der Waals surface area contributed by atoms with Crippen LogP contribution in [0.4, 0.5) is 5.82 Å². The third-order valence-corrected chi connectivity index (χ3v) is 1.33. The van der Waals surface area contributed by atoms with Crippen LogP contribution in [-0.4, -0.2) is 10.3 Å². The number of anilines is 1. The minimum Gasteiger partial charge on any atom is -0.384 e. The Hall–Kier alpha value is -1.01. The number of nitrogens with zero attached hydrogens (tertiary/aromatic N) is 1. The SMILES string of the molecule is Nc1cccc(C#CCBr)n1. The van der Waals surface area contributed by atoms with Crippen molar-refractivity contribution in [3.63, 3.8) is 0 Å². The molecule has 1 heterocycles. The molecule has 1 rings (SSSR count). The van der Waals surface area contributed by atoms with E-state index in [0.717, 1.165) is 0 Å². The number of nitrogen functional groups attached to an aromatic ring is 1. The maximum absolute atomic E-state index is 5.44. The zero-order chi connectivity index (χ0) is 8.10. The van der Waals surface area contributed by atoms with Crippen LogP contribution in [0.1, 0.15) is 5.69 Å². The second kappa shape index (κ2) is 3.99. The smallest absolute Gasteiger partial charge is 0.124 e. The van der Waals surface area contributed by atoms with Crippen LogP contribution in [0.25, 0.3) is 0 Å². The van der Waals surface area contributed by atoms with Crippen LogP contribution in [-0.2, 0) is 0 Å². The maximum atomic E-state index is 5.44. The molecule has 0 aliphatic rings. The van der Waals surface area contributed by atoms with Crippen LogP contribution in [0, 0.1) is 11.8 Å². The fraction of sp³-hybridized carbons (Fsp3) is 0.125. The van der Waals surface area contributed by atoms with Gasteiger partial charge < -0.3 is 5.73 Å². The fourth-order valence-electron chi connectivity index (χ4n) is 0.645. The summed E-state index contributed by atoms with van der Waals surface area (Å²) in [6.45, 7) is 0. The van der Waals surface area contributed by atoms with Crippen LogP contribution < -0.4 is 5.73 Å². The monoisotopic (exact) mass is 210 g/mol. The molecule has 0 atom stereocenters. The average Bonchev–Trinajstić information content (AvgIpc) is 2.01. The molecule has 0 fully saturated rings. The minimum atomic E-state index is 0.506. The van der Waals surface area contributed by atoms with Crippen molar-refractivity contribution in [2.24, 2.45) is 0 Å². The first kappa shape index (κ1) is 8.09. The van der Waals surface area contributed by atoms with Gasteiger partial charge in [-0.15, -0.1) is 0 Å². The summed E-state index contributed by atoms with van der Waals surface area (Å²) in [4.78, 5) is 3.99. The van der Waals surface area contributed by atoms with E-state index in [9.17, 15) is 0 Å². The summed E-state index contributed by atoms with van der Waals surface area (Å²) in [5.74, 6) is 6.19. The number of nitrogens with two attached hydrogens (primary N) is 1. The van der Waals surface area contributed by atoms with Crippen molar-refractivity contribution < 1.29 is 0 Å². The van der Waals surface area contributed by atoms with E-state index in [1.165, 1.54) is 0 Å². The van der Waals surface area contributed by atoms with Gasteiger partial charge in [0.05, 0.1) is 5.33 Å². The second-order valence-corrected chi connectivity index (χ2v) is 2.44. The average molecular weight is 211 g/mol. The lowest BCUT2D eigenvalue weighted by molar-refractivity contribution is 1.30. The highest BCUT2D eigenvalue weighted by atomic mass is 79.9. The summed E-state index contributed by atoms with van der Waals surface area (Å²) in [5, 5.41) is 0.656. The highest BCUT2D eigenvalue weighted by molar-refractivity contribution is 9.09. The Balaban J connectivity index is 2.87. The zero-order valence-electron chi connectivity index (χ0n) is 5.84. The molecule has 0 amide bonds. The standard InChI is InChI=1S/C8H7BrN2/c9-6-2-4-7-3-1-5-8(10)11-7/h1,3,5H,6H2,(H2,10,11). The van der Waals surface area contributed by atoms with E-state index in [0.29, 0.717) is 16.8 Å². The van der Waals surface area contributed by atoms with Gasteiger partial charge in [0.1, 0.15) is 11.5 Å². The summed E-state index contributed by atoms with van der Waals surface area (Å²) in [6.07, 6.45) is 0. The molecule has 0 aromatic carbocycles. The third-order valence-electron chi connectivity index (χ3n) is 1.05. The van der Waals surface area contributed by atoms with Gasteiger partial charge >= 0.3 is 0 Å². The summed E-state index contributed by atoms with van der Waals surface area (Å²) < 4.78 is 0. The Bertz CT molecular complexity index is 298. The van der Waals surface area contributed by atoms with Crippen LogP contribution >= 0.6 is 15.9 Å². The molecule has 3 heteroatoms. The first-order chi connectivity index (χ1) is 5.33. The normalized spacial score (nSPS) is 8.45. The Labute approximate surface area is 74.0 Å². The van der Waals surface area contributed by atoms with Crippen LogP contribution in [0.5, 0.6) is 0 Å². The van der Waals surface area contributed by atoms with Gasteiger partial charge in [-0.1, -0.05) is 27.9 Å². The topological polar surface area (TPSA) is 38.9 Å². The number of pyridine rings is 1. The molecule has 1 aromatic rings. The molecule has 0 saturated carbocycles. The van der Waals surface area contributed by atoms with Gasteiger partial charge in [0.2, 0.25) is 0 Å². The predicted octanol–water partition coefficient (Wildman–Crippen LogP) is 1.41. The van der Waals surface area contributed by atoms with Gasteiger partial charge in [-0.25, -0.2) is 4.98 Å². The van der Waals surface area contributed by atoms with Crippen molar-refractivity contribution >= 4 is 21.7 Å².